The van der Waals surface area contributed by atoms with Crippen LogP contribution in [0.5, 0.6) is 0 Å². The summed E-state index contributed by atoms with van der Waals surface area (Å²) in [5.41, 5.74) is 6.21. The molecule has 0 heterocycles. The van der Waals surface area contributed by atoms with Crippen molar-refractivity contribution in [1.82, 2.24) is 0 Å². The molecule has 112 valence electrons. The molecule has 3 atom stereocenters. The number of carboxylic acid groups (broad SMARTS) is 1. The Bertz CT molecular complexity index is 522. The van der Waals surface area contributed by atoms with E-state index in [0.717, 1.165) is 0 Å². The lowest BCUT2D eigenvalue weighted by Gasteiger charge is -2.24. The summed E-state index contributed by atoms with van der Waals surface area (Å²) in [6.07, 6.45) is 0.309. The second-order valence-electron chi connectivity index (χ2n) is 4.83. The van der Waals surface area contributed by atoms with Crippen molar-refractivity contribution in [3.05, 3.63) is 31.7 Å². The molecule has 0 aliphatic carbocycles. The van der Waals surface area contributed by atoms with Crippen LogP contribution in [-0.2, 0) is 4.79 Å². The summed E-state index contributed by atoms with van der Waals surface area (Å²) in [5.74, 6) is -1.17. The van der Waals surface area contributed by atoms with E-state index >= 15 is 0 Å². The van der Waals surface area contributed by atoms with Crippen LogP contribution in [-0.4, -0.2) is 17.1 Å². The molecule has 3 N–H and O–H groups in total. The minimum absolute atomic E-state index is 0.0339. The normalized spacial score (nSPS) is 15.8. The summed E-state index contributed by atoms with van der Waals surface area (Å²) >= 11 is 24.3. The minimum atomic E-state index is -1.03. The van der Waals surface area contributed by atoms with Crippen molar-refractivity contribution in [2.24, 2.45) is 11.7 Å². The second kappa shape index (κ2) is 7.19. The van der Waals surface area contributed by atoms with Gasteiger partial charge in [-0.25, -0.2) is 0 Å². The van der Waals surface area contributed by atoms with Crippen LogP contribution < -0.4 is 5.73 Å². The van der Waals surface area contributed by atoms with Gasteiger partial charge in [0, 0.05) is 5.02 Å². The summed E-state index contributed by atoms with van der Waals surface area (Å²) in [6.45, 7) is 3.79. The summed E-state index contributed by atoms with van der Waals surface area (Å²) in [6, 6.07) is 0.611. The standard InChI is InChI=1S/C13H15Cl4NO2/c1-5(3-9(18)13(19)20)6(2)10-7(14)4-8(15)11(16)12(10)17/h4-6,9H,3,18H2,1-2H3,(H,19,20). The summed E-state index contributed by atoms with van der Waals surface area (Å²) in [5, 5.41) is 10.1. The molecule has 3 unspecified atom stereocenters. The van der Waals surface area contributed by atoms with Crippen LogP contribution in [0, 0.1) is 5.92 Å². The van der Waals surface area contributed by atoms with E-state index in [1.54, 1.807) is 0 Å². The summed E-state index contributed by atoms with van der Waals surface area (Å²) in [7, 11) is 0. The van der Waals surface area contributed by atoms with E-state index in [9.17, 15) is 4.79 Å². The largest absolute Gasteiger partial charge is 0.480 e. The maximum absolute atomic E-state index is 10.8. The molecule has 0 saturated heterocycles. The molecule has 0 fully saturated rings. The van der Waals surface area contributed by atoms with E-state index in [1.165, 1.54) is 6.07 Å². The average molecular weight is 359 g/mol. The predicted molar refractivity (Wildman–Crippen MR) is 84.3 cm³/mol. The van der Waals surface area contributed by atoms with E-state index in [0.29, 0.717) is 22.0 Å². The van der Waals surface area contributed by atoms with E-state index < -0.39 is 12.0 Å². The maximum atomic E-state index is 10.8. The molecule has 0 aliphatic heterocycles. The zero-order valence-corrected chi connectivity index (χ0v) is 14.0. The monoisotopic (exact) mass is 357 g/mol. The predicted octanol–water partition coefficient (Wildman–Crippen LogP) is 4.84. The van der Waals surface area contributed by atoms with Crippen LogP contribution >= 0.6 is 46.4 Å². The highest BCUT2D eigenvalue weighted by Crippen LogP contribution is 2.43. The Balaban J connectivity index is 3.06. The van der Waals surface area contributed by atoms with E-state index in [4.69, 9.17) is 57.2 Å². The van der Waals surface area contributed by atoms with Crippen LogP contribution in [0.15, 0.2) is 6.07 Å². The highest BCUT2D eigenvalue weighted by molar-refractivity contribution is 6.49. The molecule has 1 rings (SSSR count). The first-order chi connectivity index (χ1) is 9.16. The van der Waals surface area contributed by atoms with Gasteiger partial charge < -0.3 is 10.8 Å². The van der Waals surface area contributed by atoms with Gasteiger partial charge in [0.1, 0.15) is 6.04 Å². The van der Waals surface area contributed by atoms with Crippen molar-refractivity contribution in [2.45, 2.75) is 32.2 Å². The smallest absolute Gasteiger partial charge is 0.320 e. The number of hydrogen-bond acceptors (Lipinski definition) is 2. The molecule has 0 aromatic heterocycles. The van der Waals surface area contributed by atoms with Crippen molar-refractivity contribution in [3.8, 4) is 0 Å². The van der Waals surface area contributed by atoms with E-state index in [-0.39, 0.29) is 21.9 Å². The van der Waals surface area contributed by atoms with Gasteiger partial charge in [-0.15, -0.1) is 0 Å². The number of aliphatic carboxylic acids is 1. The van der Waals surface area contributed by atoms with Crippen LogP contribution in [0.4, 0.5) is 0 Å². The Labute approximate surface area is 137 Å². The molecule has 1 aromatic rings. The second-order valence-corrected chi connectivity index (χ2v) is 6.40. The van der Waals surface area contributed by atoms with Gasteiger partial charge in [0.05, 0.1) is 15.1 Å². The lowest BCUT2D eigenvalue weighted by Crippen LogP contribution is -2.32. The van der Waals surface area contributed by atoms with Crippen LogP contribution in [0.25, 0.3) is 0 Å². The molecular formula is C13H15Cl4NO2. The topological polar surface area (TPSA) is 63.3 Å². The van der Waals surface area contributed by atoms with Gasteiger partial charge in [-0.1, -0.05) is 60.3 Å². The van der Waals surface area contributed by atoms with Gasteiger partial charge in [0.2, 0.25) is 0 Å². The molecule has 1 aromatic carbocycles. The molecule has 0 spiro atoms. The van der Waals surface area contributed by atoms with Crippen LogP contribution in [0.2, 0.25) is 20.1 Å². The first-order valence-electron chi connectivity index (χ1n) is 5.98. The zero-order chi connectivity index (χ0) is 15.6. The lowest BCUT2D eigenvalue weighted by atomic mass is 9.84. The molecule has 7 heteroatoms. The van der Waals surface area contributed by atoms with Crippen molar-refractivity contribution in [1.29, 1.82) is 0 Å². The third-order valence-corrected chi connectivity index (χ3v) is 4.99. The molecule has 0 saturated carbocycles. The lowest BCUT2D eigenvalue weighted by molar-refractivity contribution is -0.138. The number of benzene rings is 1. The minimum Gasteiger partial charge on any atom is -0.480 e. The first-order valence-corrected chi connectivity index (χ1v) is 7.49. The fourth-order valence-electron chi connectivity index (χ4n) is 1.99. The number of hydrogen-bond donors (Lipinski definition) is 2. The SMILES string of the molecule is CC(CC(N)C(=O)O)C(C)c1c(Cl)cc(Cl)c(Cl)c1Cl. The third kappa shape index (κ3) is 3.92. The molecule has 3 nitrogen and oxygen atoms in total. The Morgan fingerprint density at radius 2 is 1.75 bits per heavy atom. The maximum Gasteiger partial charge on any atom is 0.320 e. The summed E-state index contributed by atoms with van der Waals surface area (Å²) in [4.78, 5) is 10.8. The van der Waals surface area contributed by atoms with E-state index in [2.05, 4.69) is 0 Å². The van der Waals surface area contributed by atoms with E-state index in [1.807, 2.05) is 13.8 Å². The molecule has 0 radical (unpaired) electrons. The molecule has 0 amide bonds. The Morgan fingerprint density at radius 3 is 2.25 bits per heavy atom. The number of carboxylic acids is 1. The van der Waals surface area contributed by atoms with Gasteiger partial charge in [-0.05, 0) is 29.9 Å². The molecule has 0 aliphatic rings. The van der Waals surface area contributed by atoms with Gasteiger partial charge in [-0.3, -0.25) is 4.79 Å². The van der Waals surface area contributed by atoms with Crippen molar-refractivity contribution in [2.75, 3.05) is 0 Å². The Morgan fingerprint density at radius 1 is 1.20 bits per heavy atom. The molecular weight excluding hydrogens is 344 g/mol. The summed E-state index contributed by atoms with van der Waals surface area (Å²) < 4.78 is 0. The fourth-order valence-corrected chi connectivity index (χ4v) is 3.25. The highest BCUT2D eigenvalue weighted by Gasteiger charge is 2.26. The third-order valence-electron chi connectivity index (χ3n) is 3.40. The molecule has 20 heavy (non-hydrogen) atoms. The fraction of sp³-hybridized carbons (Fsp3) is 0.462. The molecule has 0 bridgehead atoms. The van der Waals surface area contributed by atoms with Gasteiger partial charge >= 0.3 is 5.97 Å². The Hall–Kier alpha value is -0.190. The van der Waals surface area contributed by atoms with Gasteiger partial charge in [-0.2, -0.15) is 0 Å². The van der Waals surface area contributed by atoms with Crippen molar-refractivity contribution in [3.63, 3.8) is 0 Å². The first kappa shape index (κ1) is 17.9. The zero-order valence-electron chi connectivity index (χ0n) is 11.0. The van der Waals surface area contributed by atoms with Gasteiger partial charge in [0.25, 0.3) is 0 Å². The van der Waals surface area contributed by atoms with Gasteiger partial charge in [0.15, 0.2) is 0 Å². The van der Waals surface area contributed by atoms with Crippen molar-refractivity contribution >= 4 is 52.4 Å². The van der Waals surface area contributed by atoms with Crippen LogP contribution in [0.3, 0.4) is 0 Å². The number of nitrogens with two attached hydrogens (primary N) is 1. The van der Waals surface area contributed by atoms with Crippen molar-refractivity contribution < 1.29 is 9.90 Å². The number of rotatable bonds is 5. The number of carbonyl (C=O) groups is 1. The Kier molecular flexibility index (Phi) is 6.42. The quantitative estimate of drug-likeness (QED) is 0.584. The average Bonchev–Trinajstić information content (AvgIpc) is 2.35. The van der Waals surface area contributed by atoms with Crippen LogP contribution in [0.1, 0.15) is 31.7 Å². The highest BCUT2D eigenvalue weighted by atomic mass is 35.5. The number of halogens is 4.